The van der Waals surface area contributed by atoms with E-state index in [4.69, 9.17) is 9.72 Å². The smallest absolute Gasteiger partial charge is 0.227 e. The Bertz CT molecular complexity index is 758. The molecule has 136 valence electrons. The van der Waals surface area contributed by atoms with E-state index in [0.29, 0.717) is 6.04 Å². The highest BCUT2D eigenvalue weighted by Crippen LogP contribution is 2.33. The third-order valence-electron chi connectivity index (χ3n) is 4.83. The summed E-state index contributed by atoms with van der Waals surface area (Å²) in [7, 11) is 3.63. The first-order valence-corrected chi connectivity index (χ1v) is 9.58. The second-order valence-electron chi connectivity index (χ2n) is 7.71. The molecule has 2 aromatic rings. The van der Waals surface area contributed by atoms with Gasteiger partial charge in [-0.05, 0) is 31.0 Å². The molecular weight excluding hydrogens is 334 g/mol. The average molecular weight is 362 g/mol. The zero-order chi connectivity index (χ0) is 18.2. The van der Waals surface area contributed by atoms with Crippen molar-refractivity contribution < 1.29 is 9.53 Å². The first-order chi connectivity index (χ1) is 11.8. The largest absolute Gasteiger partial charge is 0.497 e. The van der Waals surface area contributed by atoms with Crippen LogP contribution in [0.5, 0.6) is 5.75 Å². The first-order valence-electron chi connectivity index (χ1n) is 8.76. The van der Waals surface area contributed by atoms with Gasteiger partial charge in [0.15, 0.2) is 5.13 Å². The van der Waals surface area contributed by atoms with E-state index in [9.17, 15) is 4.79 Å². The number of rotatable bonds is 3. The highest BCUT2D eigenvalue weighted by atomic mass is 32.1. The van der Waals surface area contributed by atoms with Crippen LogP contribution in [0.2, 0.25) is 0 Å². The zero-order valence-corrected chi connectivity index (χ0v) is 16.5. The van der Waals surface area contributed by atoms with Crippen molar-refractivity contribution in [2.24, 2.45) is 5.41 Å². The number of carbonyl (C=O) groups is 1. The van der Waals surface area contributed by atoms with E-state index < -0.39 is 0 Å². The monoisotopic (exact) mass is 361 g/mol. The molecule has 1 saturated heterocycles. The number of hydrogen-bond donors (Lipinski definition) is 0. The van der Waals surface area contributed by atoms with Crippen LogP contribution in [-0.4, -0.2) is 49.1 Å². The third-order valence-corrected chi connectivity index (χ3v) is 5.91. The van der Waals surface area contributed by atoms with Crippen LogP contribution in [0.3, 0.4) is 0 Å². The molecule has 6 heteroatoms. The average Bonchev–Trinajstić information content (AvgIpc) is 3.02. The van der Waals surface area contributed by atoms with Crippen LogP contribution < -0.4 is 9.64 Å². The summed E-state index contributed by atoms with van der Waals surface area (Å²) in [4.78, 5) is 21.5. The number of fused-ring (bicyclic) bond motifs is 1. The van der Waals surface area contributed by atoms with Crippen molar-refractivity contribution in [2.45, 2.75) is 39.7 Å². The van der Waals surface area contributed by atoms with Gasteiger partial charge in [0, 0.05) is 31.6 Å². The van der Waals surface area contributed by atoms with Crippen LogP contribution in [0.15, 0.2) is 18.2 Å². The van der Waals surface area contributed by atoms with Crippen LogP contribution in [0.25, 0.3) is 10.2 Å². The van der Waals surface area contributed by atoms with Gasteiger partial charge in [-0.15, -0.1) is 0 Å². The number of carbonyl (C=O) groups excluding carboxylic acids is 1. The quantitative estimate of drug-likeness (QED) is 0.835. The number of aromatic nitrogens is 1. The molecular formula is C19H27N3O2S. The van der Waals surface area contributed by atoms with Gasteiger partial charge in [-0.25, -0.2) is 4.98 Å². The molecule has 0 spiro atoms. The number of ether oxygens (including phenoxy) is 1. The molecule has 0 N–H and O–H groups in total. The minimum absolute atomic E-state index is 0.220. The Morgan fingerprint density at radius 2 is 2.00 bits per heavy atom. The van der Waals surface area contributed by atoms with E-state index in [-0.39, 0.29) is 11.3 Å². The van der Waals surface area contributed by atoms with E-state index >= 15 is 0 Å². The Labute approximate surface area is 153 Å². The minimum Gasteiger partial charge on any atom is -0.497 e. The van der Waals surface area contributed by atoms with Crippen LogP contribution in [0.4, 0.5) is 5.13 Å². The van der Waals surface area contributed by atoms with Crippen LogP contribution in [-0.2, 0) is 4.79 Å². The molecule has 0 unspecified atom stereocenters. The first kappa shape index (κ1) is 18.0. The summed E-state index contributed by atoms with van der Waals surface area (Å²) in [5.74, 6) is 1.08. The molecule has 0 aliphatic carbocycles. The molecule has 3 rings (SSSR count). The highest BCUT2D eigenvalue weighted by molar-refractivity contribution is 7.22. The number of methoxy groups -OCH3 is 1. The molecule has 0 saturated carbocycles. The van der Waals surface area contributed by atoms with Gasteiger partial charge in [0.05, 0.1) is 17.3 Å². The van der Waals surface area contributed by atoms with Gasteiger partial charge in [0.2, 0.25) is 5.91 Å². The number of amides is 1. The second-order valence-corrected chi connectivity index (χ2v) is 8.72. The molecule has 5 nitrogen and oxygen atoms in total. The number of thiazole rings is 1. The van der Waals surface area contributed by atoms with E-state index in [1.54, 1.807) is 18.4 Å². The Morgan fingerprint density at radius 1 is 1.32 bits per heavy atom. The molecule has 1 aromatic carbocycles. The Morgan fingerprint density at radius 3 is 2.60 bits per heavy atom. The number of anilines is 1. The maximum atomic E-state index is 12.5. The van der Waals surface area contributed by atoms with Gasteiger partial charge >= 0.3 is 0 Å². The predicted octanol–water partition coefficient (Wildman–Crippen LogP) is 3.78. The molecule has 1 aliphatic rings. The van der Waals surface area contributed by atoms with Crippen molar-refractivity contribution in [3.8, 4) is 5.75 Å². The molecule has 0 radical (unpaired) electrons. The van der Waals surface area contributed by atoms with E-state index in [2.05, 4.69) is 4.90 Å². The molecule has 0 bridgehead atoms. The van der Waals surface area contributed by atoms with E-state index in [1.807, 2.05) is 50.9 Å². The lowest BCUT2D eigenvalue weighted by atomic mass is 9.93. The second kappa shape index (κ2) is 6.83. The van der Waals surface area contributed by atoms with Gasteiger partial charge in [-0.3, -0.25) is 4.79 Å². The Hall–Kier alpha value is -1.82. The zero-order valence-electron chi connectivity index (χ0n) is 15.7. The summed E-state index contributed by atoms with van der Waals surface area (Å²) < 4.78 is 6.44. The van der Waals surface area contributed by atoms with Crippen molar-refractivity contribution in [3.05, 3.63) is 18.2 Å². The summed E-state index contributed by atoms with van der Waals surface area (Å²) >= 11 is 1.71. The Balaban J connectivity index is 1.67. The topological polar surface area (TPSA) is 45.7 Å². The van der Waals surface area contributed by atoms with Gasteiger partial charge in [0.1, 0.15) is 5.75 Å². The van der Waals surface area contributed by atoms with Gasteiger partial charge in [0.25, 0.3) is 0 Å². The fourth-order valence-corrected chi connectivity index (χ4v) is 4.34. The SMILES string of the molecule is COc1ccc2nc(N3CCC(N(C)C(=O)C(C)(C)C)CC3)sc2c1. The fraction of sp³-hybridized carbons (Fsp3) is 0.579. The molecule has 1 amide bonds. The van der Waals surface area contributed by atoms with Gasteiger partial charge in [-0.2, -0.15) is 0 Å². The number of nitrogens with zero attached hydrogens (tertiary/aromatic N) is 3. The minimum atomic E-state index is -0.321. The lowest BCUT2D eigenvalue weighted by molar-refractivity contribution is -0.140. The maximum absolute atomic E-state index is 12.5. The number of benzene rings is 1. The molecule has 1 aromatic heterocycles. The van der Waals surface area contributed by atoms with Crippen LogP contribution in [0, 0.1) is 5.41 Å². The van der Waals surface area contributed by atoms with E-state index in [1.165, 1.54) is 0 Å². The van der Waals surface area contributed by atoms with Crippen LogP contribution >= 0.6 is 11.3 Å². The Kier molecular flexibility index (Phi) is 4.91. The van der Waals surface area contributed by atoms with Crippen molar-refractivity contribution in [3.63, 3.8) is 0 Å². The highest BCUT2D eigenvalue weighted by Gasteiger charge is 2.31. The lowest BCUT2D eigenvalue weighted by Gasteiger charge is -2.38. The summed E-state index contributed by atoms with van der Waals surface area (Å²) in [6, 6.07) is 6.32. The standard InChI is InChI=1S/C19H27N3O2S/c1-19(2,3)17(23)21(4)13-8-10-22(11-9-13)18-20-15-7-6-14(24-5)12-16(15)25-18/h6-7,12-13H,8-11H2,1-5H3. The molecule has 2 heterocycles. The van der Waals surface area contributed by atoms with Crippen molar-refractivity contribution in [2.75, 3.05) is 32.1 Å². The van der Waals surface area contributed by atoms with Crippen molar-refractivity contribution >= 4 is 32.6 Å². The summed E-state index contributed by atoms with van der Waals surface area (Å²) in [6.07, 6.45) is 1.97. The van der Waals surface area contributed by atoms with E-state index in [0.717, 1.165) is 47.0 Å². The summed E-state index contributed by atoms with van der Waals surface area (Å²) in [5, 5.41) is 1.06. The number of hydrogen-bond acceptors (Lipinski definition) is 5. The lowest BCUT2D eigenvalue weighted by Crippen LogP contribution is -2.48. The molecule has 0 atom stereocenters. The van der Waals surface area contributed by atoms with Crippen molar-refractivity contribution in [1.29, 1.82) is 0 Å². The maximum Gasteiger partial charge on any atom is 0.227 e. The number of piperidine rings is 1. The third kappa shape index (κ3) is 3.73. The van der Waals surface area contributed by atoms with Gasteiger partial charge < -0.3 is 14.5 Å². The van der Waals surface area contributed by atoms with Crippen molar-refractivity contribution in [1.82, 2.24) is 9.88 Å². The van der Waals surface area contributed by atoms with Gasteiger partial charge in [-0.1, -0.05) is 32.1 Å². The fourth-order valence-electron chi connectivity index (χ4n) is 3.29. The van der Waals surface area contributed by atoms with Crippen LogP contribution in [0.1, 0.15) is 33.6 Å². The normalized spacial score (nSPS) is 16.3. The summed E-state index contributed by atoms with van der Waals surface area (Å²) in [5.41, 5.74) is 0.695. The molecule has 25 heavy (non-hydrogen) atoms. The molecule has 1 fully saturated rings. The summed E-state index contributed by atoms with van der Waals surface area (Å²) in [6.45, 7) is 7.82. The molecule has 1 aliphatic heterocycles. The predicted molar refractivity (Wildman–Crippen MR) is 104 cm³/mol.